The zero-order valence-electron chi connectivity index (χ0n) is 9.00. The normalized spacial score (nSPS) is 10.1. The Balaban J connectivity index is 2.35. The second-order valence-corrected chi connectivity index (χ2v) is 4.05. The monoisotopic (exact) mass is 232 g/mol. The van der Waals surface area contributed by atoms with E-state index in [4.69, 9.17) is 17.3 Å². The summed E-state index contributed by atoms with van der Waals surface area (Å²) < 4.78 is 0. The van der Waals surface area contributed by atoms with Crippen LogP contribution in [0.4, 0.5) is 17.1 Å². The number of halogens is 1. The van der Waals surface area contributed by atoms with Gasteiger partial charge in [0.1, 0.15) is 0 Å². The standard InChI is InChI=1S/C13H13ClN2/c1-9-5-4-8-12(13(9)15)16-11-7-3-2-6-10(11)14/h2-8,16H,15H2,1H3. The van der Waals surface area contributed by atoms with E-state index in [9.17, 15) is 0 Å². The third-order valence-corrected chi connectivity index (χ3v) is 2.80. The number of hydrogen-bond donors (Lipinski definition) is 2. The molecule has 0 aliphatic heterocycles. The number of benzene rings is 2. The molecule has 0 saturated heterocycles. The van der Waals surface area contributed by atoms with Crippen molar-refractivity contribution in [3.63, 3.8) is 0 Å². The van der Waals surface area contributed by atoms with Gasteiger partial charge in [-0.2, -0.15) is 0 Å². The van der Waals surface area contributed by atoms with Crippen LogP contribution in [0.15, 0.2) is 42.5 Å². The number of hydrogen-bond acceptors (Lipinski definition) is 2. The third-order valence-electron chi connectivity index (χ3n) is 2.47. The Labute approximate surface area is 100 Å². The SMILES string of the molecule is Cc1cccc(Nc2ccccc2Cl)c1N. The highest BCUT2D eigenvalue weighted by molar-refractivity contribution is 6.33. The molecule has 0 aliphatic carbocycles. The van der Waals surface area contributed by atoms with E-state index in [1.165, 1.54) is 0 Å². The summed E-state index contributed by atoms with van der Waals surface area (Å²) in [5, 5.41) is 3.91. The molecule has 2 aromatic carbocycles. The number of rotatable bonds is 2. The van der Waals surface area contributed by atoms with Gasteiger partial charge in [-0.1, -0.05) is 35.9 Å². The smallest absolute Gasteiger partial charge is 0.0640 e. The van der Waals surface area contributed by atoms with Crippen molar-refractivity contribution >= 4 is 28.7 Å². The van der Waals surface area contributed by atoms with Crippen molar-refractivity contribution in [3.8, 4) is 0 Å². The number of nitrogen functional groups attached to an aromatic ring is 1. The Hall–Kier alpha value is -1.67. The van der Waals surface area contributed by atoms with Crippen LogP contribution < -0.4 is 11.1 Å². The average molecular weight is 233 g/mol. The van der Waals surface area contributed by atoms with Crippen LogP contribution in [0.25, 0.3) is 0 Å². The van der Waals surface area contributed by atoms with Crippen LogP contribution in [0.5, 0.6) is 0 Å². The number of anilines is 3. The molecule has 82 valence electrons. The lowest BCUT2D eigenvalue weighted by molar-refractivity contribution is 1.45. The summed E-state index contributed by atoms with van der Waals surface area (Å²) in [5.74, 6) is 0. The van der Waals surface area contributed by atoms with Gasteiger partial charge < -0.3 is 11.1 Å². The molecule has 2 rings (SSSR count). The lowest BCUT2D eigenvalue weighted by atomic mass is 10.1. The molecule has 3 N–H and O–H groups in total. The summed E-state index contributed by atoms with van der Waals surface area (Å²) in [6, 6.07) is 13.5. The summed E-state index contributed by atoms with van der Waals surface area (Å²) >= 11 is 6.06. The first-order valence-corrected chi connectivity index (χ1v) is 5.43. The van der Waals surface area contributed by atoms with E-state index in [1.54, 1.807) is 0 Å². The van der Waals surface area contributed by atoms with Gasteiger partial charge in [-0.3, -0.25) is 0 Å². The minimum Gasteiger partial charge on any atom is -0.397 e. The lowest BCUT2D eigenvalue weighted by Gasteiger charge is -2.12. The van der Waals surface area contributed by atoms with E-state index in [2.05, 4.69) is 5.32 Å². The van der Waals surface area contributed by atoms with Gasteiger partial charge in [-0.25, -0.2) is 0 Å². The maximum absolute atomic E-state index is 6.06. The van der Waals surface area contributed by atoms with E-state index >= 15 is 0 Å². The third kappa shape index (κ3) is 2.12. The fourth-order valence-corrected chi connectivity index (χ4v) is 1.68. The molecular formula is C13H13ClN2. The number of aryl methyl sites for hydroxylation is 1. The highest BCUT2D eigenvalue weighted by atomic mass is 35.5. The number of para-hydroxylation sites is 2. The zero-order chi connectivity index (χ0) is 11.5. The molecule has 0 amide bonds. The van der Waals surface area contributed by atoms with Crippen molar-refractivity contribution in [2.45, 2.75) is 6.92 Å². The van der Waals surface area contributed by atoms with Gasteiger partial charge in [0.2, 0.25) is 0 Å². The molecule has 0 aromatic heterocycles. The molecule has 0 saturated carbocycles. The first kappa shape index (κ1) is 10.8. The molecule has 2 aromatic rings. The average Bonchev–Trinajstić information content (AvgIpc) is 2.28. The predicted molar refractivity (Wildman–Crippen MR) is 70.3 cm³/mol. The molecule has 2 nitrogen and oxygen atoms in total. The van der Waals surface area contributed by atoms with E-state index in [0.29, 0.717) is 5.02 Å². The highest BCUT2D eigenvalue weighted by Crippen LogP contribution is 2.29. The fraction of sp³-hybridized carbons (Fsp3) is 0.0769. The fourth-order valence-electron chi connectivity index (χ4n) is 1.50. The highest BCUT2D eigenvalue weighted by Gasteiger charge is 2.03. The van der Waals surface area contributed by atoms with E-state index in [-0.39, 0.29) is 0 Å². The minimum atomic E-state index is 0.684. The first-order valence-electron chi connectivity index (χ1n) is 5.05. The second kappa shape index (κ2) is 4.45. The van der Waals surface area contributed by atoms with Gasteiger partial charge in [0.15, 0.2) is 0 Å². The molecule has 0 radical (unpaired) electrons. The largest absolute Gasteiger partial charge is 0.397 e. The van der Waals surface area contributed by atoms with Gasteiger partial charge in [0.25, 0.3) is 0 Å². The lowest BCUT2D eigenvalue weighted by Crippen LogP contribution is -1.98. The molecule has 0 fully saturated rings. The Bertz CT molecular complexity index is 509. The van der Waals surface area contributed by atoms with Crippen molar-refractivity contribution in [2.24, 2.45) is 0 Å². The molecule has 3 heteroatoms. The topological polar surface area (TPSA) is 38.0 Å². The Morgan fingerprint density at radius 1 is 1.00 bits per heavy atom. The van der Waals surface area contributed by atoms with Crippen molar-refractivity contribution in [2.75, 3.05) is 11.1 Å². The van der Waals surface area contributed by atoms with Crippen molar-refractivity contribution in [1.82, 2.24) is 0 Å². The number of nitrogens with one attached hydrogen (secondary N) is 1. The summed E-state index contributed by atoms with van der Waals surface area (Å²) in [6.45, 7) is 1.98. The minimum absolute atomic E-state index is 0.684. The Morgan fingerprint density at radius 2 is 1.69 bits per heavy atom. The van der Waals surface area contributed by atoms with Crippen LogP contribution in [0, 0.1) is 6.92 Å². The van der Waals surface area contributed by atoms with Gasteiger partial charge in [0.05, 0.1) is 22.1 Å². The molecule has 0 bridgehead atoms. The summed E-state index contributed by atoms with van der Waals surface area (Å²) in [5.41, 5.74) is 9.52. The van der Waals surface area contributed by atoms with Crippen molar-refractivity contribution in [1.29, 1.82) is 0 Å². The van der Waals surface area contributed by atoms with E-state index in [0.717, 1.165) is 22.6 Å². The van der Waals surface area contributed by atoms with Crippen LogP contribution in [-0.2, 0) is 0 Å². The van der Waals surface area contributed by atoms with Gasteiger partial charge in [-0.15, -0.1) is 0 Å². The summed E-state index contributed by atoms with van der Waals surface area (Å²) in [4.78, 5) is 0. The van der Waals surface area contributed by atoms with Crippen LogP contribution in [0.3, 0.4) is 0 Å². The molecule has 0 heterocycles. The van der Waals surface area contributed by atoms with Crippen LogP contribution in [0.1, 0.15) is 5.56 Å². The molecule has 16 heavy (non-hydrogen) atoms. The van der Waals surface area contributed by atoms with E-state index < -0.39 is 0 Å². The maximum atomic E-state index is 6.06. The molecular weight excluding hydrogens is 220 g/mol. The van der Waals surface area contributed by atoms with Gasteiger partial charge in [-0.05, 0) is 30.7 Å². The first-order chi connectivity index (χ1) is 7.68. The molecule has 0 aliphatic rings. The summed E-state index contributed by atoms with van der Waals surface area (Å²) in [7, 11) is 0. The quantitative estimate of drug-likeness (QED) is 0.769. The Kier molecular flexibility index (Phi) is 3.02. The second-order valence-electron chi connectivity index (χ2n) is 3.64. The zero-order valence-corrected chi connectivity index (χ0v) is 9.75. The summed E-state index contributed by atoms with van der Waals surface area (Å²) in [6.07, 6.45) is 0. The van der Waals surface area contributed by atoms with Gasteiger partial charge in [0, 0.05) is 0 Å². The predicted octanol–water partition coefficient (Wildman–Crippen LogP) is 3.97. The van der Waals surface area contributed by atoms with Crippen LogP contribution in [0.2, 0.25) is 5.02 Å². The van der Waals surface area contributed by atoms with E-state index in [1.807, 2.05) is 49.4 Å². The van der Waals surface area contributed by atoms with Gasteiger partial charge >= 0.3 is 0 Å². The van der Waals surface area contributed by atoms with Crippen molar-refractivity contribution < 1.29 is 0 Å². The van der Waals surface area contributed by atoms with Crippen LogP contribution in [-0.4, -0.2) is 0 Å². The van der Waals surface area contributed by atoms with Crippen LogP contribution >= 0.6 is 11.6 Å². The van der Waals surface area contributed by atoms with Crippen molar-refractivity contribution in [3.05, 3.63) is 53.1 Å². The Morgan fingerprint density at radius 3 is 2.44 bits per heavy atom. The molecule has 0 atom stereocenters. The number of nitrogens with two attached hydrogens (primary N) is 1. The maximum Gasteiger partial charge on any atom is 0.0640 e. The molecule has 0 spiro atoms. The molecule has 0 unspecified atom stereocenters.